The number of urea groups is 1. The first-order valence-electron chi connectivity index (χ1n) is 6.28. The van der Waals surface area contributed by atoms with Gasteiger partial charge in [-0.1, -0.05) is 19.9 Å². The normalized spacial score (nSPS) is 19.6. The lowest BCUT2D eigenvalue weighted by Gasteiger charge is -2.32. The highest BCUT2D eigenvalue weighted by molar-refractivity contribution is 6.27. The molecule has 4 amide bonds. The molecule has 20 heavy (non-hydrogen) atoms. The molecule has 1 aromatic rings. The highest BCUT2D eigenvalue weighted by atomic mass is 19.1. The first-order valence-corrected chi connectivity index (χ1v) is 6.28. The molecule has 106 valence electrons. The molecular formula is C14H15FN2O3. The number of nitrogens with one attached hydrogen (secondary N) is 1. The molecule has 1 heterocycles. The summed E-state index contributed by atoms with van der Waals surface area (Å²) in [6.45, 7) is 5.12. The number of hydrogen-bond acceptors (Lipinski definition) is 3. The summed E-state index contributed by atoms with van der Waals surface area (Å²) in [5.41, 5.74) is 0.575. The van der Waals surface area contributed by atoms with Crippen LogP contribution in [0.3, 0.4) is 0 Å². The Morgan fingerprint density at radius 3 is 2.50 bits per heavy atom. The van der Waals surface area contributed by atoms with Crippen LogP contribution >= 0.6 is 0 Å². The van der Waals surface area contributed by atoms with E-state index >= 15 is 0 Å². The van der Waals surface area contributed by atoms with Gasteiger partial charge in [0.2, 0.25) is 11.8 Å². The average molecular weight is 278 g/mol. The minimum Gasteiger partial charge on any atom is -0.277 e. The van der Waals surface area contributed by atoms with Crippen molar-refractivity contribution in [2.24, 2.45) is 11.8 Å². The Kier molecular flexibility index (Phi) is 3.57. The number of benzene rings is 1. The predicted molar refractivity (Wildman–Crippen MR) is 70.5 cm³/mol. The van der Waals surface area contributed by atoms with Gasteiger partial charge in [0.25, 0.3) is 0 Å². The lowest BCUT2D eigenvalue weighted by atomic mass is 9.91. The first kappa shape index (κ1) is 14.2. The summed E-state index contributed by atoms with van der Waals surface area (Å²) in [7, 11) is 0. The number of carbonyl (C=O) groups excluding carboxylic acids is 3. The van der Waals surface area contributed by atoms with Gasteiger partial charge in [0.05, 0.1) is 5.69 Å². The zero-order valence-corrected chi connectivity index (χ0v) is 11.4. The Balaban J connectivity index is 2.49. The van der Waals surface area contributed by atoms with Crippen molar-refractivity contribution < 1.29 is 18.8 Å². The van der Waals surface area contributed by atoms with Crippen molar-refractivity contribution in [1.29, 1.82) is 0 Å². The Morgan fingerprint density at radius 1 is 1.25 bits per heavy atom. The van der Waals surface area contributed by atoms with E-state index in [1.807, 2.05) is 0 Å². The molecule has 5 nitrogen and oxygen atoms in total. The van der Waals surface area contributed by atoms with Gasteiger partial charge in [-0.15, -0.1) is 0 Å². The Bertz CT molecular complexity index is 598. The molecule has 1 aliphatic rings. The summed E-state index contributed by atoms with van der Waals surface area (Å²) in [5, 5.41) is 2.10. The molecule has 0 aromatic heterocycles. The van der Waals surface area contributed by atoms with Crippen LogP contribution in [0.15, 0.2) is 18.2 Å². The second kappa shape index (κ2) is 5.03. The average Bonchev–Trinajstić information content (AvgIpc) is 2.32. The van der Waals surface area contributed by atoms with Gasteiger partial charge < -0.3 is 0 Å². The van der Waals surface area contributed by atoms with E-state index in [0.29, 0.717) is 10.5 Å². The largest absolute Gasteiger partial charge is 0.335 e. The molecule has 2 rings (SSSR count). The molecule has 0 radical (unpaired) electrons. The molecule has 0 aliphatic carbocycles. The van der Waals surface area contributed by atoms with Crippen molar-refractivity contribution in [2.45, 2.75) is 20.8 Å². The summed E-state index contributed by atoms with van der Waals surface area (Å²) < 4.78 is 13.9. The molecule has 6 heteroatoms. The van der Waals surface area contributed by atoms with Crippen molar-refractivity contribution >= 4 is 23.5 Å². The predicted octanol–water partition coefficient (Wildman–Crippen LogP) is 1.99. The number of nitrogens with zero attached hydrogens (tertiary/aromatic N) is 1. The number of carbonyl (C=O) groups is 3. The molecule has 0 saturated carbocycles. The number of amides is 4. The van der Waals surface area contributed by atoms with Gasteiger partial charge in [-0.05, 0) is 30.5 Å². The van der Waals surface area contributed by atoms with E-state index in [0.717, 1.165) is 0 Å². The van der Waals surface area contributed by atoms with E-state index in [9.17, 15) is 18.8 Å². The number of halogens is 1. The molecule has 1 N–H and O–H groups in total. The summed E-state index contributed by atoms with van der Waals surface area (Å²) >= 11 is 0. The molecule has 1 atom stereocenters. The quantitative estimate of drug-likeness (QED) is 0.841. The molecule has 1 unspecified atom stereocenters. The maximum atomic E-state index is 13.9. The highest BCUT2D eigenvalue weighted by Gasteiger charge is 2.43. The zero-order chi connectivity index (χ0) is 15.0. The third-order valence-electron chi connectivity index (χ3n) is 3.21. The fraction of sp³-hybridized carbons (Fsp3) is 0.357. The van der Waals surface area contributed by atoms with Crippen molar-refractivity contribution in [3.8, 4) is 0 Å². The van der Waals surface area contributed by atoms with Crippen LogP contribution in [-0.4, -0.2) is 17.8 Å². The van der Waals surface area contributed by atoms with Crippen LogP contribution in [0.1, 0.15) is 19.4 Å². The van der Waals surface area contributed by atoms with Crippen molar-refractivity contribution in [1.82, 2.24) is 5.32 Å². The van der Waals surface area contributed by atoms with Crippen LogP contribution in [0.5, 0.6) is 0 Å². The number of imide groups is 2. The maximum absolute atomic E-state index is 13.9. The Morgan fingerprint density at radius 2 is 1.90 bits per heavy atom. The summed E-state index contributed by atoms with van der Waals surface area (Å²) in [6.07, 6.45) is 0. The molecule has 1 saturated heterocycles. The van der Waals surface area contributed by atoms with E-state index in [4.69, 9.17) is 0 Å². The topological polar surface area (TPSA) is 66.5 Å². The molecule has 0 bridgehead atoms. The van der Waals surface area contributed by atoms with Gasteiger partial charge in [0.15, 0.2) is 0 Å². The third-order valence-corrected chi connectivity index (χ3v) is 3.21. The minimum absolute atomic E-state index is 0.134. The Labute approximate surface area is 115 Å². The van der Waals surface area contributed by atoms with Gasteiger partial charge in [-0.25, -0.2) is 14.1 Å². The maximum Gasteiger partial charge on any atom is 0.335 e. The van der Waals surface area contributed by atoms with Crippen molar-refractivity contribution in [2.75, 3.05) is 4.90 Å². The number of barbiturate groups is 1. The van der Waals surface area contributed by atoms with Crippen LogP contribution in [0.25, 0.3) is 0 Å². The number of rotatable bonds is 2. The minimum atomic E-state index is -0.993. The van der Waals surface area contributed by atoms with Crippen molar-refractivity contribution in [3.63, 3.8) is 0 Å². The number of anilines is 1. The summed E-state index contributed by atoms with van der Waals surface area (Å²) in [5.74, 6) is -3.30. The molecular weight excluding hydrogens is 263 g/mol. The van der Waals surface area contributed by atoms with Gasteiger partial charge in [-0.3, -0.25) is 14.9 Å². The van der Waals surface area contributed by atoms with Crippen LogP contribution in [0, 0.1) is 24.6 Å². The summed E-state index contributed by atoms with van der Waals surface area (Å²) in [4.78, 5) is 36.6. The van der Waals surface area contributed by atoms with E-state index < -0.39 is 29.6 Å². The number of hydrogen-bond donors (Lipinski definition) is 1. The fourth-order valence-electron chi connectivity index (χ4n) is 2.20. The van der Waals surface area contributed by atoms with Gasteiger partial charge in [0.1, 0.15) is 11.7 Å². The van der Waals surface area contributed by atoms with Gasteiger partial charge in [0, 0.05) is 0 Å². The van der Waals surface area contributed by atoms with E-state index in [1.54, 1.807) is 20.8 Å². The van der Waals surface area contributed by atoms with E-state index in [2.05, 4.69) is 5.32 Å². The lowest BCUT2D eigenvalue weighted by molar-refractivity contribution is -0.136. The summed E-state index contributed by atoms with van der Waals surface area (Å²) in [6, 6.07) is 3.21. The monoisotopic (exact) mass is 278 g/mol. The second-order valence-corrected chi connectivity index (χ2v) is 5.14. The van der Waals surface area contributed by atoms with Crippen LogP contribution in [0.2, 0.25) is 0 Å². The first-order chi connectivity index (χ1) is 9.32. The van der Waals surface area contributed by atoms with Crippen LogP contribution in [-0.2, 0) is 9.59 Å². The van der Waals surface area contributed by atoms with E-state index in [1.165, 1.54) is 18.2 Å². The second-order valence-electron chi connectivity index (χ2n) is 5.14. The molecule has 1 aromatic carbocycles. The highest BCUT2D eigenvalue weighted by Crippen LogP contribution is 2.27. The van der Waals surface area contributed by atoms with Crippen molar-refractivity contribution in [3.05, 3.63) is 29.6 Å². The standard InChI is InChI=1S/C14H15FN2O3/c1-7(2)11-12(18)16-14(20)17(13(11)19)10-6-8(3)4-5-9(10)15/h4-7,11H,1-3H3,(H,16,18,20). The molecule has 0 spiro atoms. The smallest absolute Gasteiger partial charge is 0.277 e. The number of aryl methyl sites for hydroxylation is 1. The SMILES string of the molecule is Cc1ccc(F)c(N2C(=O)NC(=O)C(C(C)C)C2=O)c1. The van der Waals surface area contributed by atoms with Crippen LogP contribution < -0.4 is 10.2 Å². The lowest BCUT2D eigenvalue weighted by Crippen LogP contribution is -2.59. The Hall–Kier alpha value is -2.24. The van der Waals surface area contributed by atoms with E-state index in [-0.39, 0.29) is 11.6 Å². The van der Waals surface area contributed by atoms with Crippen LogP contribution in [0.4, 0.5) is 14.9 Å². The van der Waals surface area contributed by atoms with Gasteiger partial charge in [-0.2, -0.15) is 0 Å². The molecule has 1 fully saturated rings. The molecule has 1 aliphatic heterocycles. The fourth-order valence-corrected chi connectivity index (χ4v) is 2.20. The third kappa shape index (κ3) is 2.29. The van der Waals surface area contributed by atoms with Gasteiger partial charge >= 0.3 is 6.03 Å². The zero-order valence-electron chi connectivity index (χ0n) is 11.4.